The van der Waals surface area contributed by atoms with Crippen molar-refractivity contribution in [2.24, 2.45) is 0 Å². The van der Waals surface area contributed by atoms with Crippen molar-refractivity contribution in [2.75, 3.05) is 20.1 Å². The van der Waals surface area contributed by atoms with E-state index in [1.807, 2.05) is 0 Å². The molecular weight excluding hydrogens is 230 g/mol. The second kappa shape index (κ2) is 4.47. The van der Waals surface area contributed by atoms with E-state index in [0.29, 0.717) is 10.8 Å². The van der Waals surface area contributed by atoms with Gasteiger partial charge in [-0.05, 0) is 33.0 Å². The lowest BCUT2D eigenvalue weighted by atomic mass is 9.95. The molecular formula is C11H14ClNO3. The highest BCUT2D eigenvalue weighted by Crippen LogP contribution is 2.34. The minimum atomic E-state index is -1.07. The third-order valence-corrected chi connectivity index (χ3v) is 3.31. The third kappa shape index (κ3) is 2.23. The van der Waals surface area contributed by atoms with Crippen LogP contribution in [0.4, 0.5) is 0 Å². The van der Waals surface area contributed by atoms with Crippen LogP contribution < -0.4 is 0 Å². The number of likely N-dealkylation sites (tertiary alicyclic amines) is 1. The molecule has 1 saturated heterocycles. The lowest BCUT2D eigenvalue weighted by Crippen LogP contribution is -2.29. The largest absolute Gasteiger partial charge is 0.475 e. The molecule has 1 fully saturated rings. The molecule has 1 aliphatic heterocycles. The van der Waals surface area contributed by atoms with Crippen molar-refractivity contribution in [1.82, 2.24) is 4.90 Å². The van der Waals surface area contributed by atoms with Gasteiger partial charge in [0.05, 0.1) is 5.02 Å². The normalized spacial score (nSPS) is 18.9. The molecule has 1 aliphatic rings. The Morgan fingerprint density at radius 3 is 2.69 bits per heavy atom. The van der Waals surface area contributed by atoms with E-state index in [-0.39, 0.29) is 11.7 Å². The molecule has 1 aromatic rings. The van der Waals surface area contributed by atoms with Crippen molar-refractivity contribution >= 4 is 17.6 Å². The number of aromatic carboxylic acids is 1. The maximum atomic E-state index is 10.7. The van der Waals surface area contributed by atoms with Crippen molar-refractivity contribution < 1.29 is 14.3 Å². The average molecular weight is 244 g/mol. The highest BCUT2D eigenvalue weighted by molar-refractivity contribution is 6.31. The Bertz CT molecular complexity index is 394. The number of hydrogen-bond donors (Lipinski definition) is 1. The fourth-order valence-corrected chi connectivity index (χ4v) is 2.33. The van der Waals surface area contributed by atoms with Gasteiger partial charge in [-0.15, -0.1) is 0 Å². The summed E-state index contributed by atoms with van der Waals surface area (Å²) in [7, 11) is 2.07. The van der Waals surface area contributed by atoms with Gasteiger partial charge in [0.15, 0.2) is 0 Å². The van der Waals surface area contributed by atoms with E-state index < -0.39 is 5.97 Å². The first-order valence-electron chi connectivity index (χ1n) is 5.29. The Hall–Kier alpha value is -1.00. The first-order valence-corrected chi connectivity index (χ1v) is 5.67. The molecule has 0 unspecified atom stereocenters. The summed E-state index contributed by atoms with van der Waals surface area (Å²) in [6.07, 6.45) is 1.92. The lowest BCUT2D eigenvalue weighted by molar-refractivity contribution is 0.0658. The Kier molecular flexibility index (Phi) is 3.21. The fourth-order valence-electron chi connectivity index (χ4n) is 2.04. The number of carbonyl (C=O) groups is 1. The molecule has 88 valence electrons. The summed E-state index contributed by atoms with van der Waals surface area (Å²) in [5.41, 5.74) is 0. The molecule has 2 rings (SSSR count). The zero-order valence-corrected chi connectivity index (χ0v) is 9.83. The molecule has 16 heavy (non-hydrogen) atoms. The summed E-state index contributed by atoms with van der Waals surface area (Å²) in [6.45, 7) is 1.98. The van der Waals surface area contributed by atoms with Crippen molar-refractivity contribution in [1.29, 1.82) is 0 Å². The number of carboxylic acid groups (broad SMARTS) is 1. The molecule has 0 amide bonds. The van der Waals surface area contributed by atoms with E-state index in [1.54, 1.807) is 0 Å². The number of furan rings is 1. The maximum Gasteiger partial charge on any atom is 0.371 e. The number of piperidine rings is 1. The van der Waals surface area contributed by atoms with Gasteiger partial charge in [0.2, 0.25) is 5.76 Å². The minimum Gasteiger partial charge on any atom is -0.475 e. The van der Waals surface area contributed by atoms with Crippen LogP contribution in [0.2, 0.25) is 5.02 Å². The van der Waals surface area contributed by atoms with E-state index in [9.17, 15) is 4.79 Å². The quantitative estimate of drug-likeness (QED) is 0.867. The molecule has 0 spiro atoms. The minimum absolute atomic E-state index is 0.0704. The Labute approximate surface area is 98.8 Å². The topological polar surface area (TPSA) is 53.7 Å². The predicted molar refractivity (Wildman–Crippen MR) is 60.1 cm³/mol. The summed E-state index contributed by atoms with van der Waals surface area (Å²) in [5, 5.41) is 9.24. The van der Waals surface area contributed by atoms with Crippen molar-refractivity contribution in [3.8, 4) is 0 Å². The van der Waals surface area contributed by atoms with Crippen molar-refractivity contribution in [2.45, 2.75) is 18.8 Å². The Morgan fingerprint density at radius 2 is 2.19 bits per heavy atom. The van der Waals surface area contributed by atoms with Crippen LogP contribution in [0, 0.1) is 0 Å². The molecule has 0 aromatic carbocycles. The zero-order chi connectivity index (χ0) is 11.7. The third-order valence-electron chi connectivity index (χ3n) is 3.01. The van der Waals surface area contributed by atoms with Crippen molar-refractivity contribution in [3.05, 3.63) is 22.6 Å². The van der Waals surface area contributed by atoms with Crippen LogP contribution >= 0.6 is 11.6 Å². The maximum absolute atomic E-state index is 10.7. The number of nitrogens with zero attached hydrogens (tertiary/aromatic N) is 1. The van der Waals surface area contributed by atoms with Crippen LogP contribution in [0.25, 0.3) is 0 Å². The Morgan fingerprint density at radius 1 is 1.56 bits per heavy atom. The highest BCUT2D eigenvalue weighted by atomic mass is 35.5. The van der Waals surface area contributed by atoms with Gasteiger partial charge in [0.25, 0.3) is 0 Å². The highest BCUT2D eigenvalue weighted by Gasteiger charge is 2.25. The van der Waals surface area contributed by atoms with E-state index >= 15 is 0 Å². The first kappa shape index (κ1) is 11.5. The molecule has 1 aromatic heterocycles. The Balaban J connectivity index is 2.17. The average Bonchev–Trinajstić information content (AvgIpc) is 2.62. The number of hydrogen-bond acceptors (Lipinski definition) is 3. The predicted octanol–water partition coefficient (Wildman–Crippen LogP) is 2.44. The van der Waals surface area contributed by atoms with Crippen LogP contribution in [0.1, 0.15) is 35.1 Å². The molecule has 0 saturated carbocycles. The molecule has 0 atom stereocenters. The zero-order valence-electron chi connectivity index (χ0n) is 9.07. The van der Waals surface area contributed by atoms with Gasteiger partial charge >= 0.3 is 5.97 Å². The second-order valence-electron chi connectivity index (χ2n) is 4.21. The van der Waals surface area contributed by atoms with Gasteiger partial charge in [0.1, 0.15) is 5.76 Å². The molecule has 5 heteroatoms. The number of rotatable bonds is 2. The van der Waals surface area contributed by atoms with E-state index in [2.05, 4.69) is 11.9 Å². The molecule has 2 heterocycles. The number of halogens is 1. The number of carboxylic acids is 1. The van der Waals surface area contributed by atoms with E-state index in [0.717, 1.165) is 25.9 Å². The molecule has 4 nitrogen and oxygen atoms in total. The van der Waals surface area contributed by atoms with E-state index in [4.69, 9.17) is 21.1 Å². The molecule has 0 aliphatic carbocycles. The van der Waals surface area contributed by atoms with Gasteiger partial charge in [-0.25, -0.2) is 4.79 Å². The lowest BCUT2D eigenvalue weighted by Gasteiger charge is -2.27. The second-order valence-corrected chi connectivity index (χ2v) is 4.61. The first-order chi connectivity index (χ1) is 7.58. The smallest absolute Gasteiger partial charge is 0.371 e. The van der Waals surface area contributed by atoms with Crippen LogP contribution in [0.15, 0.2) is 10.5 Å². The molecule has 0 bridgehead atoms. The van der Waals surface area contributed by atoms with Crippen LogP contribution in [-0.2, 0) is 0 Å². The van der Waals surface area contributed by atoms with Crippen LogP contribution in [-0.4, -0.2) is 36.1 Å². The summed E-state index contributed by atoms with van der Waals surface area (Å²) < 4.78 is 5.30. The van der Waals surface area contributed by atoms with Gasteiger partial charge in [-0.2, -0.15) is 0 Å². The van der Waals surface area contributed by atoms with Crippen LogP contribution in [0.5, 0.6) is 0 Å². The monoisotopic (exact) mass is 243 g/mol. The van der Waals surface area contributed by atoms with Crippen LogP contribution in [0.3, 0.4) is 0 Å². The van der Waals surface area contributed by atoms with Gasteiger partial charge in [-0.1, -0.05) is 11.6 Å². The summed E-state index contributed by atoms with van der Waals surface area (Å²) in [5.74, 6) is -0.260. The van der Waals surface area contributed by atoms with Gasteiger partial charge in [-0.3, -0.25) is 0 Å². The SMILES string of the molecule is CN1CCC(c2oc(C(=O)O)cc2Cl)CC1. The summed E-state index contributed by atoms with van der Waals surface area (Å²) in [4.78, 5) is 13.0. The fraction of sp³-hybridized carbons (Fsp3) is 0.545. The summed E-state index contributed by atoms with van der Waals surface area (Å²) in [6, 6.07) is 1.39. The van der Waals surface area contributed by atoms with E-state index in [1.165, 1.54) is 6.07 Å². The van der Waals surface area contributed by atoms with Gasteiger partial charge in [0, 0.05) is 12.0 Å². The standard InChI is InChI=1S/C11H14ClNO3/c1-13-4-2-7(3-5-13)10-8(12)6-9(16-10)11(14)15/h6-7H,2-5H2,1H3,(H,14,15). The van der Waals surface area contributed by atoms with Crippen molar-refractivity contribution in [3.63, 3.8) is 0 Å². The molecule has 0 radical (unpaired) electrons. The molecule has 1 N–H and O–H groups in total. The summed E-state index contributed by atoms with van der Waals surface area (Å²) >= 11 is 5.99. The van der Waals surface area contributed by atoms with Gasteiger partial charge < -0.3 is 14.4 Å².